The summed E-state index contributed by atoms with van der Waals surface area (Å²) in [5, 5.41) is 4.12. The molecule has 0 radical (unpaired) electrons. The van der Waals surface area contributed by atoms with Crippen molar-refractivity contribution in [1.82, 2.24) is 3.96 Å². The van der Waals surface area contributed by atoms with E-state index in [1.165, 1.54) is 23.5 Å². The van der Waals surface area contributed by atoms with E-state index < -0.39 is 0 Å². The minimum Gasteiger partial charge on any atom is -0.497 e. The van der Waals surface area contributed by atoms with Crippen LogP contribution in [0.15, 0.2) is 70.4 Å². The van der Waals surface area contributed by atoms with Gasteiger partial charge in [-0.2, -0.15) is 0 Å². The molecule has 2 N–H and O–H groups in total. The van der Waals surface area contributed by atoms with Gasteiger partial charge in [-0.25, -0.2) is 0 Å². The van der Waals surface area contributed by atoms with E-state index in [-0.39, 0.29) is 10.6 Å². The van der Waals surface area contributed by atoms with Gasteiger partial charge in [0.05, 0.1) is 29.4 Å². The van der Waals surface area contributed by atoms with E-state index in [1.54, 1.807) is 49.6 Å². The number of halogens is 1. The number of anilines is 2. The first-order chi connectivity index (χ1) is 14.9. The van der Waals surface area contributed by atoms with Crippen LogP contribution in [0.1, 0.15) is 10.4 Å². The minimum absolute atomic E-state index is 0.0233. The number of hydrogen-bond acceptors (Lipinski definition) is 6. The van der Waals surface area contributed by atoms with Crippen LogP contribution in [-0.2, 0) is 7.05 Å². The Kier molecular flexibility index (Phi) is 6.22. The van der Waals surface area contributed by atoms with Crippen molar-refractivity contribution >= 4 is 63.3 Å². The SMILES string of the molecule is COc1ccc(C(=O)Nc2ccc(Cl)cc2NSc2ccc3c(c2)c(=O)sn3C)cc1. The molecular weight excluding hydrogens is 454 g/mol. The fourth-order valence-electron chi connectivity index (χ4n) is 3.00. The molecule has 6 nitrogen and oxygen atoms in total. The summed E-state index contributed by atoms with van der Waals surface area (Å²) < 4.78 is 10.2. The lowest BCUT2D eigenvalue weighted by Crippen LogP contribution is -2.12. The van der Waals surface area contributed by atoms with E-state index in [0.29, 0.717) is 33.1 Å². The number of aryl methyl sites for hydroxylation is 1. The quantitative estimate of drug-likeness (QED) is 0.356. The Morgan fingerprint density at radius 3 is 2.58 bits per heavy atom. The van der Waals surface area contributed by atoms with Crippen molar-refractivity contribution in [1.29, 1.82) is 0 Å². The van der Waals surface area contributed by atoms with Crippen LogP contribution in [0.3, 0.4) is 0 Å². The van der Waals surface area contributed by atoms with Crippen molar-refractivity contribution in [3.63, 3.8) is 0 Å². The molecule has 0 unspecified atom stereocenters. The third kappa shape index (κ3) is 4.71. The summed E-state index contributed by atoms with van der Waals surface area (Å²) in [6.07, 6.45) is 0. The van der Waals surface area contributed by atoms with Gasteiger partial charge in [0.2, 0.25) is 0 Å². The number of methoxy groups -OCH3 is 1. The zero-order chi connectivity index (χ0) is 22.0. The summed E-state index contributed by atoms with van der Waals surface area (Å²) in [6, 6.07) is 17.8. The van der Waals surface area contributed by atoms with Crippen LogP contribution in [-0.4, -0.2) is 17.0 Å². The van der Waals surface area contributed by atoms with Crippen LogP contribution in [0.2, 0.25) is 5.02 Å². The van der Waals surface area contributed by atoms with Crippen LogP contribution in [0.25, 0.3) is 10.9 Å². The van der Waals surface area contributed by atoms with E-state index in [9.17, 15) is 9.59 Å². The maximum atomic E-state index is 12.7. The number of rotatable bonds is 6. The predicted molar refractivity (Wildman–Crippen MR) is 129 cm³/mol. The van der Waals surface area contributed by atoms with E-state index >= 15 is 0 Å². The molecule has 1 amide bonds. The summed E-state index contributed by atoms with van der Waals surface area (Å²) in [6.45, 7) is 0. The average molecular weight is 472 g/mol. The zero-order valence-electron chi connectivity index (χ0n) is 16.6. The average Bonchev–Trinajstić information content (AvgIpc) is 3.06. The highest BCUT2D eigenvalue weighted by molar-refractivity contribution is 8.00. The van der Waals surface area contributed by atoms with Crippen LogP contribution < -0.4 is 19.5 Å². The second-order valence-corrected chi connectivity index (χ2v) is 9.05. The van der Waals surface area contributed by atoms with Crippen LogP contribution >= 0.6 is 35.1 Å². The summed E-state index contributed by atoms with van der Waals surface area (Å²) in [4.78, 5) is 25.6. The number of aromatic nitrogens is 1. The molecule has 0 aliphatic carbocycles. The van der Waals surface area contributed by atoms with Crippen molar-refractivity contribution < 1.29 is 9.53 Å². The number of carbonyl (C=O) groups excluding carboxylic acids is 1. The van der Waals surface area contributed by atoms with Gasteiger partial charge < -0.3 is 14.8 Å². The Morgan fingerprint density at radius 1 is 1.06 bits per heavy atom. The topological polar surface area (TPSA) is 72.4 Å². The van der Waals surface area contributed by atoms with Crippen LogP contribution in [0.5, 0.6) is 5.75 Å². The molecule has 9 heteroatoms. The largest absolute Gasteiger partial charge is 0.497 e. The molecule has 0 atom stereocenters. The highest BCUT2D eigenvalue weighted by atomic mass is 35.5. The number of benzene rings is 3. The molecule has 1 heterocycles. The van der Waals surface area contributed by atoms with Gasteiger partial charge in [0.1, 0.15) is 5.75 Å². The highest BCUT2D eigenvalue weighted by Gasteiger charge is 2.12. The molecule has 3 aromatic carbocycles. The maximum Gasteiger partial charge on any atom is 0.257 e. The van der Waals surface area contributed by atoms with Gasteiger partial charge >= 0.3 is 0 Å². The van der Waals surface area contributed by atoms with Crippen molar-refractivity contribution in [3.05, 3.63) is 80.8 Å². The molecule has 0 spiro atoms. The van der Waals surface area contributed by atoms with Crippen molar-refractivity contribution in [3.8, 4) is 5.75 Å². The molecule has 0 bridgehead atoms. The molecule has 0 saturated carbocycles. The predicted octanol–water partition coefficient (Wildman–Crippen LogP) is 5.63. The summed E-state index contributed by atoms with van der Waals surface area (Å²) in [7, 11) is 3.44. The first-order valence-corrected chi connectivity index (χ1v) is 11.2. The molecule has 0 fully saturated rings. The summed E-state index contributed by atoms with van der Waals surface area (Å²) in [5.74, 6) is 0.431. The lowest BCUT2D eigenvalue weighted by atomic mass is 10.2. The minimum atomic E-state index is -0.249. The Labute approximate surface area is 192 Å². The lowest BCUT2D eigenvalue weighted by molar-refractivity contribution is 0.102. The normalized spacial score (nSPS) is 10.8. The molecule has 0 aliphatic heterocycles. The Balaban J connectivity index is 1.53. The number of ether oxygens (including phenoxy) is 1. The van der Waals surface area contributed by atoms with E-state index in [0.717, 1.165) is 10.4 Å². The smallest absolute Gasteiger partial charge is 0.257 e. The van der Waals surface area contributed by atoms with Gasteiger partial charge in [0.25, 0.3) is 10.6 Å². The third-order valence-electron chi connectivity index (χ3n) is 4.61. The Hall–Kier alpha value is -2.94. The van der Waals surface area contributed by atoms with Gasteiger partial charge in [-0.1, -0.05) is 11.6 Å². The number of nitrogens with zero attached hydrogens (tertiary/aromatic N) is 1. The van der Waals surface area contributed by atoms with Gasteiger partial charge in [-0.3, -0.25) is 13.5 Å². The second kappa shape index (κ2) is 9.05. The van der Waals surface area contributed by atoms with Gasteiger partial charge in [0.15, 0.2) is 0 Å². The number of carbonyl (C=O) groups is 1. The molecular formula is C22H18ClN3O3S2. The number of fused-ring (bicyclic) bond motifs is 1. The molecule has 158 valence electrons. The fraction of sp³-hybridized carbons (Fsp3) is 0.0909. The maximum absolute atomic E-state index is 12.7. The first-order valence-electron chi connectivity index (χ1n) is 9.22. The summed E-state index contributed by atoms with van der Waals surface area (Å²) in [5.41, 5.74) is 2.64. The van der Waals surface area contributed by atoms with Gasteiger partial charge in [-0.15, -0.1) is 0 Å². The van der Waals surface area contributed by atoms with Crippen LogP contribution in [0.4, 0.5) is 11.4 Å². The Morgan fingerprint density at radius 2 is 1.84 bits per heavy atom. The summed E-state index contributed by atoms with van der Waals surface area (Å²) >= 11 is 8.68. The van der Waals surface area contributed by atoms with Crippen molar-refractivity contribution in [2.45, 2.75) is 4.90 Å². The standard InChI is InChI=1S/C22H18ClN3O3S2/c1-26-20-10-8-16(12-17(20)22(28)31-26)30-25-19-11-14(23)5-9-18(19)24-21(27)13-3-6-15(29-2)7-4-13/h3-12,25H,1-2H3,(H,24,27). The van der Waals surface area contributed by atoms with Crippen molar-refractivity contribution in [2.75, 3.05) is 17.1 Å². The van der Waals surface area contributed by atoms with E-state index in [4.69, 9.17) is 16.3 Å². The molecule has 4 aromatic rings. The highest BCUT2D eigenvalue weighted by Crippen LogP contribution is 2.31. The molecule has 0 aliphatic rings. The fourth-order valence-corrected chi connectivity index (χ4v) is 4.65. The number of amides is 1. The van der Waals surface area contributed by atoms with E-state index in [1.807, 2.05) is 29.2 Å². The zero-order valence-corrected chi connectivity index (χ0v) is 19.0. The second-order valence-electron chi connectivity index (χ2n) is 6.63. The van der Waals surface area contributed by atoms with Gasteiger partial charge in [-0.05, 0) is 84.1 Å². The molecule has 0 saturated heterocycles. The molecule has 4 rings (SSSR count). The lowest BCUT2D eigenvalue weighted by Gasteiger charge is -2.13. The number of nitrogens with one attached hydrogen (secondary N) is 2. The van der Waals surface area contributed by atoms with Gasteiger partial charge in [0, 0.05) is 22.5 Å². The third-order valence-corrected chi connectivity index (χ3v) is 6.51. The van der Waals surface area contributed by atoms with E-state index in [2.05, 4.69) is 10.0 Å². The monoisotopic (exact) mass is 471 g/mol. The van der Waals surface area contributed by atoms with Crippen LogP contribution in [0, 0.1) is 0 Å². The first kappa shape index (κ1) is 21.3. The Bertz CT molecular complexity index is 1320. The van der Waals surface area contributed by atoms with Crippen molar-refractivity contribution in [2.24, 2.45) is 7.05 Å². The number of hydrogen-bond donors (Lipinski definition) is 2. The molecule has 31 heavy (non-hydrogen) atoms. The molecule has 1 aromatic heterocycles.